The second-order valence-corrected chi connectivity index (χ2v) is 5.17. The Morgan fingerprint density at radius 3 is 2.84 bits per heavy atom. The Kier molecular flexibility index (Phi) is 3.03. The van der Waals surface area contributed by atoms with E-state index in [1.54, 1.807) is 7.11 Å². The number of ether oxygens (including phenoxy) is 1. The van der Waals surface area contributed by atoms with Gasteiger partial charge in [-0.2, -0.15) is 0 Å². The van der Waals surface area contributed by atoms with E-state index in [0.717, 1.165) is 47.3 Å². The fourth-order valence-electron chi connectivity index (χ4n) is 2.83. The Bertz CT molecular complexity index is 670. The Hall–Kier alpha value is -1.81. The van der Waals surface area contributed by atoms with Gasteiger partial charge in [-0.15, -0.1) is 0 Å². The van der Waals surface area contributed by atoms with Crippen LogP contribution in [0.25, 0.3) is 10.9 Å². The third-order valence-corrected chi connectivity index (χ3v) is 3.81. The molecular weight excluding hydrogens is 240 g/mol. The summed E-state index contributed by atoms with van der Waals surface area (Å²) in [4.78, 5) is 15.2. The number of aromatic nitrogens is 1. The third-order valence-electron chi connectivity index (χ3n) is 3.81. The predicted octanol–water partition coefficient (Wildman–Crippen LogP) is 1.92. The van der Waals surface area contributed by atoms with E-state index in [0.29, 0.717) is 5.92 Å². The van der Waals surface area contributed by atoms with Gasteiger partial charge in [0, 0.05) is 23.4 Å². The zero-order valence-electron chi connectivity index (χ0n) is 11.2. The number of aromatic amines is 1. The summed E-state index contributed by atoms with van der Waals surface area (Å²) in [7, 11) is 1.63. The second kappa shape index (κ2) is 4.70. The molecule has 4 heteroatoms. The van der Waals surface area contributed by atoms with Crippen LogP contribution in [0.1, 0.15) is 23.5 Å². The van der Waals surface area contributed by atoms with Crippen molar-refractivity contribution in [2.75, 3.05) is 20.2 Å². The Labute approximate surface area is 111 Å². The number of H-pyrrole nitrogens is 1. The first kappa shape index (κ1) is 12.2. The molecule has 1 fully saturated rings. The highest BCUT2D eigenvalue weighted by atomic mass is 16.5. The zero-order valence-corrected chi connectivity index (χ0v) is 11.2. The summed E-state index contributed by atoms with van der Waals surface area (Å²) in [5.74, 6) is 1.04. The van der Waals surface area contributed by atoms with Gasteiger partial charge < -0.3 is 15.0 Å². The van der Waals surface area contributed by atoms with Crippen LogP contribution in [0.4, 0.5) is 0 Å². The van der Waals surface area contributed by atoms with Gasteiger partial charge in [-0.3, -0.25) is 4.79 Å². The van der Waals surface area contributed by atoms with E-state index in [2.05, 4.69) is 16.4 Å². The van der Waals surface area contributed by atoms with E-state index in [1.807, 2.05) is 19.1 Å². The van der Waals surface area contributed by atoms with E-state index < -0.39 is 0 Å². The smallest absolute Gasteiger partial charge is 0.252 e. The molecule has 0 spiro atoms. The van der Waals surface area contributed by atoms with E-state index in [1.165, 1.54) is 0 Å². The van der Waals surface area contributed by atoms with E-state index in [9.17, 15) is 4.79 Å². The van der Waals surface area contributed by atoms with Crippen LogP contribution in [0, 0.1) is 6.92 Å². The van der Waals surface area contributed by atoms with Crippen molar-refractivity contribution in [3.63, 3.8) is 0 Å². The largest absolute Gasteiger partial charge is 0.495 e. The van der Waals surface area contributed by atoms with Crippen LogP contribution < -0.4 is 15.6 Å². The number of nitrogens with one attached hydrogen (secondary N) is 2. The van der Waals surface area contributed by atoms with Gasteiger partial charge >= 0.3 is 0 Å². The van der Waals surface area contributed by atoms with Crippen molar-refractivity contribution in [2.45, 2.75) is 19.3 Å². The summed E-state index contributed by atoms with van der Waals surface area (Å²) in [6.07, 6.45) is 1.03. The van der Waals surface area contributed by atoms with Crippen molar-refractivity contribution in [1.29, 1.82) is 0 Å². The lowest BCUT2D eigenvalue weighted by Crippen LogP contribution is -2.18. The average molecular weight is 258 g/mol. The summed E-state index contributed by atoms with van der Waals surface area (Å²) >= 11 is 0. The first-order valence-corrected chi connectivity index (χ1v) is 6.61. The van der Waals surface area contributed by atoms with Crippen LogP contribution >= 0.6 is 0 Å². The molecule has 0 saturated carbocycles. The van der Waals surface area contributed by atoms with Crippen molar-refractivity contribution < 1.29 is 4.74 Å². The van der Waals surface area contributed by atoms with E-state index in [-0.39, 0.29) is 5.56 Å². The molecule has 0 amide bonds. The topological polar surface area (TPSA) is 54.1 Å². The summed E-state index contributed by atoms with van der Waals surface area (Å²) in [6, 6.07) is 6.04. The summed E-state index contributed by atoms with van der Waals surface area (Å²) < 4.78 is 5.35. The number of hydrogen-bond donors (Lipinski definition) is 2. The van der Waals surface area contributed by atoms with Crippen molar-refractivity contribution >= 4 is 10.9 Å². The van der Waals surface area contributed by atoms with Crippen LogP contribution in [0.2, 0.25) is 0 Å². The molecule has 2 aromatic rings. The van der Waals surface area contributed by atoms with E-state index >= 15 is 0 Å². The minimum atomic E-state index is 0.00310. The molecule has 1 saturated heterocycles. The van der Waals surface area contributed by atoms with Gasteiger partial charge in [0.05, 0.1) is 12.6 Å². The van der Waals surface area contributed by atoms with Crippen molar-refractivity contribution in [1.82, 2.24) is 10.3 Å². The number of hydrogen-bond acceptors (Lipinski definition) is 3. The molecule has 4 nitrogen and oxygen atoms in total. The van der Waals surface area contributed by atoms with Gasteiger partial charge in [0.1, 0.15) is 5.75 Å². The highest BCUT2D eigenvalue weighted by molar-refractivity contribution is 5.85. The average Bonchev–Trinajstić information content (AvgIpc) is 2.91. The minimum absolute atomic E-state index is 0.00310. The van der Waals surface area contributed by atoms with Gasteiger partial charge in [-0.05, 0) is 43.7 Å². The van der Waals surface area contributed by atoms with Gasteiger partial charge in [0.15, 0.2) is 0 Å². The van der Waals surface area contributed by atoms with Crippen molar-refractivity contribution in [2.24, 2.45) is 0 Å². The molecule has 1 aromatic heterocycles. The lowest BCUT2D eigenvalue weighted by atomic mass is 9.98. The number of methoxy groups -OCH3 is 1. The fraction of sp³-hybridized carbons (Fsp3) is 0.400. The van der Waals surface area contributed by atoms with Crippen LogP contribution in [0.5, 0.6) is 5.75 Å². The summed E-state index contributed by atoms with van der Waals surface area (Å²) in [6.45, 7) is 3.90. The quantitative estimate of drug-likeness (QED) is 0.865. The number of benzene rings is 1. The SMILES string of the molecule is COc1cc(C)cc2cc(C3CCNC3)c(=O)[nH]c12. The second-order valence-electron chi connectivity index (χ2n) is 5.17. The van der Waals surface area contributed by atoms with E-state index in [4.69, 9.17) is 4.74 Å². The standard InChI is InChI=1S/C15H18N2O2/c1-9-5-11-7-12(10-3-4-16-8-10)15(18)17-14(11)13(6-9)19-2/h5-7,10,16H,3-4,8H2,1-2H3,(H,17,18). The number of aryl methyl sites for hydroxylation is 1. The normalized spacial score (nSPS) is 18.9. The monoisotopic (exact) mass is 258 g/mol. The first-order chi connectivity index (χ1) is 9.19. The Morgan fingerprint density at radius 1 is 1.32 bits per heavy atom. The van der Waals surface area contributed by atoms with Crippen molar-refractivity contribution in [3.8, 4) is 5.75 Å². The molecule has 100 valence electrons. The number of fused-ring (bicyclic) bond motifs is 1. The Balaban J connectivity index is 2.21. The molecule has 0 bridgehead atoms. The van der Waals surface area contributed by atoms with Crippen LogP contribution in [0.3, 0.4) is 0 Å². The molecule has 1 aromatic carbocycles. The molecule has 2 heterocycles. The molecule has 19 heavy (non-hydrogen) atoms. The maximum absolute atomic E-state index is 12.2. The first-order valence-electron chi connectivity index (χ1n) is 6.61. The highest BCUT2D eigenvalue weighted by Crippen LogP contribution is 2.27. The molecular formula is C15H18N2O2. The third kappa shape index (κ3) is 2.12. The van der Waals surface area contributed by atoms with Crippen LogP contribution in [-0.2, 0) is 0 Å². The number of rotatable bonds is 2. The minimum Gasteiger partial charge on any atom is -0.495 e. The van der Waals surface area contributed by atoms with Gasteiger partial charge in [-0.1, -0.05) is 0 Å². The van der Waals surface area contributed by atoms with Crippen LogP contribution in [0.15, 0.2) is 23.0 Å². The maximum Gasteiger partial charge on any atom is 0.252 e. The van der Waals surface area contributed by atoms with Gasteiger partial charge in [0.25, 0.3) is 5.56 Å². The Morgan fingerprint density at radius 2 is 2.16 bits per heavy atom. The maximum atomic E-state index is 12.2. The van der Waals surface area contributed by atoms with Crippen LogP contribution in [-0.4, -0.2) is 25.2 Å². The lowest BCUT2D eigenvalue weighted by Gasteiger charge is -2.11. The highest BCUT2D eigenvalue weighted by Gasteiger charge is 2.20. The zero-order chi connectivity index (χ0) is 13.4. The molecule has 0 aliphatic carbocycles. The van der Waals surface area contributed by atoms with Crippen molar-refractivity contribution in [3.05, 3.63) is 39.7 Å². The molecule has 1 aliphatic rings. The van der Waals surface area contributed by atoms with Gasteiger partial charge in [0.2, 0.25) is 0 Å². The molecule has 1 unspecified atom stereocenters. The fourth-order valence-corrected chi connectivity index (χ4v) is 2.83. The molecule has 1 aliphatic heterocycles. The molecule has 0 radical (unpaired) electrons. The predicted molar refractivity (Wildman–Crippen MR) is 76.1 cm³/mol. The molecule has 1 atom stereocenters. The lowest BCUT2D eigenvalue weighted by molar-refractivity contribution is 0.418. The summed E-state index contributed by atoms with van der Waals surface area (Å²) in [5.41, 5.74) is 2.80. The molecule has 2 N–H and O–H groups in total. The molecule has 3 rings (SSSR count). The number of pyridine rings is 1. The van der Waals surface area contributed by atoms with Gasteiger partial charge in [-0.25, -0.2) is 0 Å². The summed E-state index contributed by atoms with van der Waals surface area (Å²) in [5, 5.41) is 4.34.